The van der Waals surface area contributed by atoms with Crippen molar-refractivity contribution in [1.29, 1.82) is 0 Å². The number of benzene rings is 2. The Morgan fingerprint density at radius 3 is 2.53 bits per heavy atom. The zero-order chi connectivity index (χ0) is 22.7. The van der Waals surface area contributed by atoms with Crippen LogP contribution in [0.3, 0.4) is 0 Å². The molecule has 162 valence electrons. The van der Waals surface area contributed by atoms with E-state index < -0.39 is 18.0 Å². The molecule has 1 N–H and O–H groups in total. The summed E-state index contributed by atoms with van der Waals surface area (Å²) >= 11 is 1.32. The molecule has 0 saturated heterocycles. The SMILES string of the molecule is CCc1nc2ccccc2c(C(=O)OC(C)C(=O)Nc2nc(-c3ccccc3)cs2)c1C. The molecule has 1 unspecified atom stereocenters. The molecule has 2 aromatic heterocycles. The number of carbonyl (C=O) groups is 2. The van der Waals surface area contributed by atoms with Gasteiger partial charge < -0.3 is 4.74 Å². The van der Waals surface area contributed by atoms with E-state index in [1.807, 2.05) is 73.8 Å². The van der Waals surface area contributed by atoms with Crippen molar-refractivity contribution >= 4 is 39.2 Å². The molecule has 4 aromatic rings. The fraction of sp³-hybridized carbons (Fsp3) is 0.200. The zero-order valence-electron chi connectivity index (χ0n) is 18.1. The summed E-state index contributed by atoms with van der Waals surface area (Å²) in [6.07, 6.45) is -0.288. The number of aryl methyl sites for hydroxylation is 1. The molecule has 0 fully saturated rings. The number of nitrogens with one attached hydrogen (secondary N) is 1. The van der Waals surface area contributed by atoms with Crippen molar-refractivity contribution < 1.29 is 14.3 Å². The van der Waals surface area contributed by atoms with Crippen LogP contribution in [0.2, 0.25) is 0 Å². The van der Waals surface area contributed by atoms with Gasteiger partial charge in [0.05, 0.1) is 16.8 Å². The third-order valence-corrected chi connectivity index (χ3v) is 5.99. The highest BCUT2D eigenvalue weighted by Gasteiger charge is 2.24. The predicted octanol–water partition coefficient (Wildman–Crippen LogP) is 5.41. The Labute approximate surface area is 190 Å². The van der Waals surface area contributed by atoms with Gasteiger partial charge in [-0.05, 0) is 31.9 Å². The van der Waals surface area contributed by atoms with Crippen LogP contribution in [0.5, 0.6) is 0 Å². The first-order valence-corrected chi connectivity index (χ1v) is 11.3. The summed E-state index contributed by atoms with van der Waals surface area (Å²) in [6, 6.07) is 17.2. The maximum Gasteiger partial charge on any atom is 0.339 e. The molecule has 0 radical (unpaired) electrons. The summed E-state index contributed by atoms with van der Waals surface area (Å²) in [5.74, 6) is -0.971. The minimum atomic E-state index is -0.983. The van der Waals surface area contributed by atoms with Gasteiger partial charge in [-0.15, -0.1) is 11.3 Å². The Kier molecular flexibility index (Phi) is 6.28. The van der Waals surface area contributed by atoms with Gasteiger partial charge in [0.1, 0.15) is 0 Å². The van der Waals surface area contributed by atoms with Crippen molar-refractivity contribution in [1.82, 2.24) is 9.97 Å². The van der Waals surface area contributed by atoms with Crippen LogP contribution in [0.25, 0.3) is 22.2 Å². The molecule has 1 atom stereocenters. The maximum atomic E-state index is 13.1. The van der Waals surface area contributed by atoms with E-state index in [2.05, 4.69) is 15.3 Å². The molecule has 0 aliphatic heterocycles. The average molecular weight is 446 g/mol. The molecule has 2 aromatic carbocycles. The van der Waals surface area contributed by atoms with Gasteiger partial charge in [-0.3, -0.25) is 15.1 Å². The smallest absolute Gasteiger partial charge is 0.339 e. The molecular formula is C25H23N3O3S. The number of nitrogens with zero attached hydrogens (tertiary/aromatic N) is 2. The lowest BCUT2D eigenvalue weighted by Crippen LogP contribution is -2.30. The van der Waals surface area contributed by atoms with E-state index >= 15 is 0 Å². The number of thiazole rings is 1. The topological polar surface area (TPSA) is 81.2 Å². The van der Waals surface area contributed by atoms with Crippen LogP contribution in [0.15, 0.2) is 60.0 Å². The van der Waals surface area contributed by atoms with Gasteiger partial charge >= 0.3 is 5.97 Å². The number of anilines is 1. The molecule has 7 heteroatoms. The monoisotopic (exact) mass is 445 g/mol. The number of esters is 1. The average Bonchev–Trinajstić information content (AvgIpc) is 3.27. The second-order valence-corrected chi connectivity index (χ2v) is 8.23. The van der Waals surface area contributed by atoms with Gasteiger partial charge in [-0.2, -0.15) is 0 Å². The fourth-order valence-electron chi connectivity index (χ4n) is 3.52. The van der Waals surface area contributed by atoms with Gasteiger partial charge in [0.2, 0.25) is 0 Å². The third-order valence-electron chi connectivity index (χ3n) is 5.23. The Balaban J connectivity index is 1.50. The van der Waals surface area contributed by atoms with E-state index in [1.165, 1.54) is 11.3 Å². The molecule has 0 saturated carbocycles. The summed E-state index contributed by atoms with van der Waals surface area (Å²) in [5.41, 5.74) is 4.54. The summed E-state index contributed by atoms with van der Waals surface area (Å²) in [7, 11) is 0. The number of para-hydroxylation sites is 1. The number of hydrogen-bond donors (Lipinski definition) is 1. The number of fused-ring (bicyclic) bond motifs is 1. The lowest BCUT2D eigenvalue weighted by molar-refractivity contribution is -0.123. The Morgan fingerprint density at radius 2 is 1.78 bits per heavy atom. The van der Waals surface area contributed by atoms with Crippen molar-refractivity contribution in [3.8, 4) is 11.3 Å². The van der Waals surface area contributed by atoms with Gasteiger partial charge in [-0.25, -0.2) is 9.78 Å². The number of amides is 1. The van der Waals surface area contributed by atoms with E-state index in [4.69, 9.17) is 4.74 Å². The number of hydrogen-bond acceptors (Lipinski definition) is 6. The van der Waals surface area contributed by atoms with Crippen LogP contribution in [-0.4, -0.2) is 27.9 Å². The summed E-state index contributed by atoms with van der Waals surface area (Å²) in [4.78, 5) is 34.8. The van der Waals surface area contributed by atoms with E-state index in [1.54, 1.807) is 6.92 Å². The van der Waals surface area contributed by atoms with Gasteiger partial charge in [0.15, 0.2) is 11.2 Å². The van der Waals surface area contributed by atoms with Gasteiger partial charge in [0.25, 0.3) is 5.91 Å². The largest absolute Gasteiger partial charge is 0.449 e. The number of aromatic nitrogens is 2. The van der Waals surface area contributed by atoms with Crippen molar-refractivity contribution in [2.24, 2.45) is 0 Å². The van der Waals surface area contributed by atoms with Crippen molar-refractivity contribution in [3.63, 3.8) is 0 Å². The first-order valence-electron chi connectivity index (χ1n) is 10.4. The normalized spacial score (nSPS) is 11.8. The highest BCUT2D eigenvalue weighted by atomic mass is 32.1. The van der Waals surface area contributed by atoms with Gasteiger partial charge in [0, 0.05) is 22.0 Å². The molecule has 6 nitrogen and oxygen atoms in total. The Morgan fingerprint density at radius 1 is 1.06 bits per heavy atom. The quantitative estimate of drug-likeness (QED) is 0.401. The van der Waals surface area contributed by atoms with E-state index in [0.29, 0.717) is 22.5 Å². The molecule has 32 heavy (non-hydrogen) atoms. The lowest BCUT2D eigenvalue weighted by Gasteiger charge is -2.16. The molecule has 1 amide bonds. The third kappa shape index (κ3) is 4.38. The summed E-state index contributed by atoms with van der Waals surface area (Å²) < 4.78 is 5.55. The highest BCUT2D eigenvalue weighted by molar-refractivity contribution is 7.14. The van der Waals surface area contributed by atoms with Crippen LogP contribution in [0.4, 0.5) is 5.13 Å². The number of ether oxygens (including phenoxy) is 1. The molecule has 4 rings (SSSR count). The first-order chi connectivity index (χ1) is 15.5. The second kappa shape index (κ2) is 9.28. The molecule has 2 heterocycles. The van der Waals surface area contributed by atoms with Crippen LogP contribution in [-0.2, 0) is 16.0 Å². The Bertz CT molecular complexity index is 1280. The lowest BCUT2D eigenvalue weighted by atomic mass is 10.0. The number of rotatable bonds is 6. The number of pyridine rings is 1. The first kappa shape index (κ1) is 21.6. The fourth-order valence-corrected chi connectivity index (χ4v) is 4.24. The highest BCUT2D eigenvalue weighted by Crippen LogP contribution is 2.26. The molecular weight excluding hydrogens is 422 g/mol. The number of carbonyl (C=O) groups excluding carboxylic acids is 2. The standard InChI is InChI=1S/C25H23N3O3S/c1-4-19-15(2)22(18-12-8-9-13-20(18)26-19)24(30)31-16(3)23(29)28-25-27-21(14-32-25)17-10-6-5-7-11-17/h5-14,16H,4H2,1-3H3,(H,27,28,29). The van der Waals surface area contributed by atoms with E-state index in [0.717, 1.165) is 28.0 Å². The van der Waals surface area contributed by atoms with E-state index in [-0.39, 0.29) is 0 Å². The van der Waals surface area contributed by atoms with Crippen molar-refractivity contribution in [2.45, 2.75) is 33.3 Å². The van der Waals surface area contributed by atoms with Crippen LogP contribution in [0, 0.1) is 6.92 Å². The summed E-state index contributed by atoms with van der Waals surface area (Å²) in [6.45, 7) is 5.41. The summed E-state index contributed by atoms with van der Waals surface area (Å²) in [5, 5.41) is 5.79. The second-order valence-electron chi connectivity index (χ2n) is 7.37. The predicted molar refractivity (Wildman–Crippen MR) is 127 cm³/mol. The molecule has 0 aliphatic carbocycles. The van der Waals surface area contributed by atoms with Crippen molar-refractivity contribution in [3.05, 3.63) is 76.8 Å². The molecule has 0 bridgehead atoms. The van der Waals surface area contributed by atoms with Crippen LogP contribution in [0.1, 0.15) is 35.5 Å². The van der Waals surface area contributed by atoms with Crippen molar-refractivity contribution in [2.75, 3.05) is 5.32 Å². The zero-order valence-corrected chi connectivity index (χ0v) is 18.9. The minimum Gasteiger partial charge on any atom is -0.449 e. The van der Waals surface area contributed by atoms with Crippen LogP contribution < -0.4 is 5.32 Å². The van der Waals surface area contributed by atoms with E-state index in [9.17, 15) is 9.59 Å². The van der Waals surface area contributed by atoms with Gasteiger partial charge in [-0.1, -0.05) is 55.5 Å². The maximum absolute atomic E-state index is 13.1. The molecule has 0 spiro atoms. The molecule has 0 aliphatic rings. The minimum absolute atomic E-state index is 0.431. The van der Waals surface area contributed by atoms with Crippen LogP contribution >= 0.6 is 11.3 Å². The Hall–Kier alpha value is -3.58.